The van der Waals surface area contributed by atoms with Gasteiger partial charge in [0.05, 0.1) is 12.3 Å². The minimum Gasteiger partial charge on any atom is -0.492 e. The number of halogens is 1. The molecule has 1 aromatic carbocycles. The van der Waals surface area contributed by atoms with Gasteiger partial charge in [-0.15, -0.1) is 0 Å². The lowest BCUT2D eigenvalue weighted by molar-refractivity contribution is 0.222. The first kappa shape index (κ1) is 12.7. The number of hydrogen-bond donors (Lipinski definition) is 1. The van der Waals surface area contributed by atoms with Crippen molar-refractivity contribution in [2.45, 2.75) is 19.8 Å². The van der Waals surface area contributed by atoms with Crippen molar-refractivity contribution in [3.8, 4) is 5.75 Å². The van der Waals surface area contributed by atoms with Crippen molar-refractivity contribution < 1.29 is 13.9 Å². The van der Waals surface area contributed by atoms with Crippen LogP contribution in [-0.4, -0.2) is 30.6 Å². The summed E-state index contributed by atoms with van der Waals surface area (Å²) in [5.41, 5.74) is 0.509. The van der Waals surface area contributed by atoms with Crippen LogP contribution in [0.1, 0.15) is 19.8 Å². The summed E-state index contributed by atoms with van der Waals surface area (Å²) < 4.78 is 18.4. The Morgan fingerprint density at radius 3 is 2.83 bits per heavy atom. The van der Waals surface area contributed by atoms with Crippen molar-refractivity contribution in [2.75, 3.05) is 25.0 Å². The van der Waals surface area contributed by atoms with Crippen LogP contribution in [0, 0.1) is 5.82 Å². The minimum atomic E-state index is -0.377. The second-order valence-corrected chi connectivity index (χ2v) is 4.20. The standard InChI is InChI=1S/C13H17FN2O2/c1-2-18-12-9-10(14)5-6-11(12)15-13(17)16-7-3-4-8-16/h5-6,9H,2-4,7-8H2,1H3,(H,15,17). The van der Waals surface area contributed by atoms with Gasteiger partial charge in [0.15, 0.2) is 0 Å². The largest absolute Gasteiger partial charge is 0.492 e. The van der Waals surface area contributed by atoms with Crippen LogP contribution in [0.25, 0.3) is 0 Å². The van der Waals surface area contributed by atoms with Gasteiger partial charge in [0, 0.05) is 19.2 Å². The number of likely N-dealkylation sites (tertiary alicyclic amines) is 1. The first-order valence-electron chi connectivity index (χ1n) is 6.19. The topological polar surface area (TPSA) is 41.6 Å². The zero-order chi connectivity index (χ0) is 13.0. The Bertz CT molecular complexity index is 431. The second kappa shape index (κ2) is 5.71. The number of hydrogen-bond acceptors (Lipinski definition) is 2. The summed E-state index contributed by atoms with van der Waals surface area (Å²) in [5, 5.41) is 2.76. The van der Waals surface area contributed by atoms with E-state index in [2.05, 4.69) is 5.32 Å². The van der Waals surface area contributed by atoms with E-state index in [0.29, 0.717) is 18.0 Å². The van der Waals surface area contributed by atoms with E-state index in [1.54, 1.807) is 4.90 Å². The van der Waals surface area contributed by atoms with Gasteiger partial charge in [-0.05, 0) is 31.9 Å². The summed E-state index contributed by atoms with van der Waals surface area (Å²) in [5.74, 6) is -0.0114. The summed E-state index contributed by atoms with van der Waals surface area (Å²) in [4.78, 5) is 13.7. The van der Waals surface area contributed by atoms with Gasteiger partial charge < -0.3 is 15.0 Å². The molecule has 1 saturated heterocycles. The molecule has 0 spiro atoms. The number of amides is 2. The molecule has 18 heavy (non-hydrogen) atoms. The monoisotopic (exact) mass is 252 g/mol. The lowest BCUT2D eigenvalue weighted by atomic mass is 10.3. The Labute approximate surface area is 106 Å². The molecule has 1 heterocycles. The van der Waals surface area contributed by atoms with Crippen molar-refractivity contribution in [3.05, 3.63) is 24.0 Å². The quantitative estimate of drug-likeness (QED) is 0.898. The molecule has 98 valence electrons. The van der Waals surface area contributed by atoms with Crippen molar-refractivity contribution in [2.24, 2.45) is 0 Å². The average Bonchev–Trinajstić information content (AvgIpc) is 2.86. The SMILES string of the molecule is CCOc1cc(F)ccc1NC(=O)N1CCCC1. The molecule has 2 rings (SSSR count). The molecule has 1 aromatic rings. The fourth-order valence-electron chi connectivity index (χ4n) is 1.99. The molecule has 0 aromatic heterocycles. The van der Waals surface area contributed by atoms with Crippen molar-refractivity contribution in [3.63, 3.8) is 0 Å². The molecule has 4 nitrogen and oxygen atoms in total. The van der Waals surface area contributed by atoms with Crippen LogP contribution in [0.5, 0.6) is 5.75 Å². The lowest BCUT2D eigenvalue weighted by Gasteiger charge is -2.18. The van der Waals surface area contributed by atoms with E-state index in [1.807, 2.05) is 6.92 Å². The number of nitrogens with zero attached hydrogens (tertiary/aromatic N) is 1. The van der Waals surface area contributed by atoms with E-state index in [-0.39, 0.29) is 11.8 Å². The predicted octanol–water partition coefficient (Wildman–Crippen LogP) is 2.85. The van der Waals surface area contributed by atoms with Gasteiger partial charge in [-0.1, -0.05) is 0 Å². The Morgan fingerprint density at radius 1 is 1.44 bits per heavy atom. The van der Waals surface area contributed by atoms with Crippen molar-refractivity contribution in [1.29, 1.82) is 0 Å². The first-order chi connectivity index (χ1) is 8.70. The van der Waals surface area contributed by atoms with E-state index < -0.39 is 0 Å². The first-order valence-corrected chi connectivity index (χ1v) is 6.19. The average molecular weight is 252 g/mol. The summed E-state index contributed by atoms with van der Waals surface area (Å²) in [6.45, 7) is 3.79. The third kappa shape index (κ3) is 2.91. The predicted molar refractivity (Wildman–Crippen MR) is 67.4 cm³/mol. The lowest BCUT2D eigenvalue weighted by Crippen LogP contribution is -2.32. The maximum Gasteiger partial charge on any atom is 0.321 e. The Kier molecular flexibility index (Phi) is 4.02. The molecule has 1 aliphatic heterocycles. The molecule has 1 aliphatic rings. The molecule has 0 bridgehead atoms. The number of anilines is 1. The zero-order valence-corrected chi connectivity index (χ0v) is 10.4. The third-order valence-electron chi connectivity index (χ3n) is 2.88. The minimum absolute atomic E-state index is 0.153. The highest BCUT2D eigenvalue weighted by atomic mass is 19.1. The molecule has 0 aliphatic carbocycles. The van der Waals surface area contributed by atoms with Crippen LogP contribution in [0.4, 0.5) is 14.9 Å². The number of nitrogens with one attached hydrogen (secondary N) is 1. The number of carbonyl (C=O) groups excluding carboxylic acids is 1. The number of rotatable bonds is 3. The number of ether oxygens (including phenoxy) is 1. The van der Waals surface area contributed by atoms with E-state index in [9.17, 15) is 9.18 Å². The third-order valence-corrected chi connectivity index (χ3v) is 2.88. The van der Waals surface area contributed by atoms with Crippen LogP contribution < -0.4 is 10.1 Å². The van der Waals surface area contributed by atoms with Gasteiger partial charge in [-0.3, -0.25) is 0 Å². The van der Waals surface area contributed by atoms with Gasteiger partial charge in [0.2, 0.25) is 0 Å². The zero-order valence-electron chi connectivity index (χ0n) is 10.4. The van der Waals surface area contributed by atoms with E-state index in [4.69, 9.17) is 4.74 Å². The normalized spacial score (nSPS) is 14.7. The molecule has 2 amide bonds. The molecule has 0 atom stereocenters. The fraction of sp³-hybridized carbons (Fsp3) is 0.462. The van der Waals surface area contributed by atoms with Gasteiger partial charge in [0.25, 0.3) is 0 Å². The van der Waals surface area contributed by atoms with E-state index in [0.717, 1.165) is 25.9 Å². The molecule has 0 unspecified atom stereocenters. The maximum absolute atomic E-state index is 13.1. The second-order valence-electron chi connectivity index (χ2n) is 4.20. The van der Waals surface area contributed by atoms with E-state index in [1.165, 1.54) is 18.2 Å². The highest BCUT2D eigenvalue weighted by Crippen LogP contribution is 2.26. The van der Waals surface area contributed by atoms with E-state index >= 15 is 0 Å². The summed E-state index contributed by atoms with van der Waals surface area (Å²) in [7, 11) is 0. The van der Waals surface area contributed by atoms with Crippen LogP contribution in [0.15, 0.2) is 18.2 Å². The number of carbonyl (C=O) groups is 1. The van der Waals surface area contributed by atoms with Crippen molar-refractivity contribution >= 4 is 11.7 Å². The molecule has 0 radical (unpaired) electrons. The summed E-state index contributed by atoms with van der Waals surface area (Å²) in [6, 6.07) is 3.96. The number of urea groups is 1. The molecular formula is C13H17FN2O2. The summed E-state index contributed by atoms with van der Waals surface area (Å²) >= 11 is 0. The van der Waals surface area contributed by atoms with Crippen LogP contribution >= 0.6 is 0 Å². The smallest absolute Gasteiger partial charge is 0.321 e. The van der Waals surface area contributed by atoms with Crippen LogP contribution in [0.3, 0.4) is 0 Å². The Balaban J connectivity index is 2.09. The van der Waals surface area contributed by atoms with Gasteiger partial charge in [0.1, 0.15) is 11.6 Å². The maximum atomic E-state index is 13.1. The summed E-state index contributed by atoms with van der Waals surface area (Å²) in [6.07, 6.45) is 2.07. The van der Waals surface area contributed by atoms with Crippen molar-refractivity contribution in [1.82, 2.24) is 4.90 Å². The molecule has 0 saturated carbocycles. The van der Waals surface area contributed by atoms with Gasteiger partial charge in [-0.2, -0.15) is 0 Å². The highest BCUT2D eigenvalue weighted by Gasteiger charge is 2.19. The Morgan fingerprint density at radius 2 is 2.17 bits per heavy atom. The molecule has 1 fully saturated rings. The van der Waals surface area contributed by atoms with Crippen LogP contribution in [0.2, 0.25) is 0 Å². The van der Waals surface area contributed by atoms with Crippen LogP contribution in [-0.2, 0) is 0 Å². The fourth-order valence-corrected chi connectivity index (χ4v) is 1.99. The Hall–Kier alpha value is -1.78. The molecular weight excluding hydrogens is 235 g/mol. The molecule has 1 N–H and O–H groups in total. The number of benzene rings is 1. The highest BCUT2D eigenvalue weighted by molar-refractivity contribution is 5.91. The van der Waals surface area contributed by atoms with Gasteiger partial charge >= 0.3 is 6.03 Å². The van der Waals surface area contributed by atoms with Gasteiger partial charge in [-0.25, -0.2) is 9.18 Å². The molecule has 5 heteroatoms.